The van der Waals surface area contributed by atoms with E-state index in [1.165, 1.54) is 16.0 Å². The number of piperidine rings is 1. The van der Waals surface area contributed by atoms with E-state index in [1.807, 2.05) is 6.07 Å². The number of pyridine rings is 1. The summed E-state index contributed by atoms with van der Waals surface area (Å²) in [7, 11) is 0. The summed E-state index contributed by atoms with van der Waals surface area (Å²) in [4.78, 5) is 44.6. The Bertz CT molecular complexity index is 1320. The third-order valence-corrected chi connectivity index (χ3v) is 6.73. The van der Waals surface area contributed by atoms with E-state index in [1.54, 1.807) is 41.1 Å². The summed E-state index contributed by atoms with van der Waals surface area (Å²) in [5.41, 5.74) is 1.95. The molecule has 2 aliphatic rings. The molecule has 1 atom stereocenters. The summed E-state index contributed by atoms with van der Waals surface area (Å²) in [6.07, 6.45) is 3.61. The van der Waals surface area contributed by atoms with Crippen LogP contribution in [0.25, 0.3) is 16.7 Å². The van der Waals surface area contributed by atoms with Gasteiger partial charge in [-0.3, -0.25) is 9.59 Å². The first-order valence-corrected chi connectivity index (χ1v) is 11.5. The maximum atomic E-state index is 13.4. The topological polar surface area (TPSA) is 95.7 Å². The molecule has 1 N–H and O–H groups in total. The molecule has 1 aromatic carbocycles. The molecule has 190 valence electrons. The lowest BCUT2D eigenvalue weighted by Crippen LogP contribution is -2.42. The van der Waals surface area contributed by atoms with Crippen molar-refractivity contribution in [1.29, 1.82) is 0 Å². The van der Waals surface area contributed by atoms with Crippen LogP contribution in [0.5, 0.6) is 0 Å². The molecule has 0 saturated carbocycles. The highest BCUT2D eigenvalue weighted by atomic mass is 32.1. The zero-order valence-corrected chi connectivity index (χ0v) is 20.4. The summed E-state index contributed by atoms with van der Waals surface area (Å²) < 4.78 is 28.6. The van der Waals surface area contributed by atoms with Crippen LogP contribution in [-0.4, -0.2) is 73.8 Å². The number of carboxylic acids is 1. The number of hydrogen-bond acceptors (Lipinski definition) is 4. The van der Waals surface area contributed by atoms with E-state index >= 15 is 0 Å². The minimum atomic E-state index is -2.73. The van der Waals surface area contributed by atoms with Crippen LogP contribution in [0.2, 0.25) is 0 Å². The number of hydrogen-bond donors (Lipinski definition) is 1. The fourth-order valence-corrected chi connectivity index (χ4v) is 4.79. The quantitative estimate of drug-likeness (QED) is 0.571. The molecule has 2 aromatic heterocycles. The monoisotopic (exact) mass is 516 g/mol. The smallest absolute Gasteiger partial charge is 0.326 e. The van der Waals surface area contributed by atoms with Gasteiger partial charge in [-0.05, 0) is 43.2 Å². The molecule has 0 unspecified atom stereocenters. The maximum absolute atomic E-state index is 13.4. The largest absolute Gasteiger partial charge is 0.480 e. The second-order valence-electron chi connectivity index (χ2n) is 9.02. The van der Waals surface area contributed by atoms with Gasteiger partial charge in [-0.15, -0.1) is 0 Å². The van der Waals surface area contributed by atoms with Crippen molar-refractivity contribution in [2.75, 3.05) is 19.6 Å². The maximum Gasteiger partial charge on any atom is 0.326 e. The second kappa shape index (κ2) is 9.88. The molecule has 8 nitrogen and oxygen atoms in total. The average molecular weight is 517 g/mol. The number of aromatic nitrogens is 2. The van der Waals surface area contributed by atoms with E-state index in [0.717, 1.165) is 0 Å². The van der Waals surface area contributed by atoms with Crippen molar-refractivity contribution in [3.63, 3.8) is 0 Å². The number of nitrogens with zero attached hydrogens (tertiary/aromatic N) is 4. The third kappa shape index (κ3) is 4.79. The molecule has 4 heterocycles. The SMILES string of the molecule is O=C(O)[C@@H]1CCCN1C(=O)c1cccc(-n2ccc3cc(C(=O)N4CCC(F)(F)CC4)cnc32)c1.S. The van der Waals surface area contributed by atoms with Crippen LogP contribution in [0, 0.1) is 0 Å². The molecule has 0 aliphatic carbocycles. The van der Waals surface area contributed by atoms with Gasteiger partial charge < -0.3 is 19.5 Å². The molecule has 3 aromatic rings. The van der Waals surface area contributed by atoms with Gasteiger partial charge in [-0.1, -0.05) is 6.07 Å². The van der Waals surface area contributed by atoms with Crippen LogP contribution in [0.15, 0.2) is 48.8 Å². The first-order chi connectivity index (χ1) is 16.7. The summed E-state index contributed by atoms with van der Waals surface area (Å²) in [6, 6.07) is 9.54. The van der Waals surface area contributed by atoms with Crippen LogP contribution in [0.1, 0.15) is 46.4 Å². The van der Waals surface area contributed by atoms with Crippen molar-refractivity contribution in [3.05, 3.63) is 59.9 Å². The van der Waals surface area contributed by atoms with E-state index in [9.17, 15) is 28.3 Å². The van der Waals surface area contributed by atoms with Gasteiger partial charge in [-0.2, -0.15) is 13.5 Å². The van der Waals surface area contributed by atoms with Crippen LogP contribution in [0.4, 0.5) is 8.78 Å². The zero-order chi connectivity index (χ0) is 24.7. The van der Waals surface area contributed by atoms with Gasteiger partial charge in [0.05, 0.1) is 5.56 Å². The predicted molar refractivity (Wildman–Crippen MR) is 133 cm³/mol. The highest BCUT2D eigenvalue weighted by Crippen LogP contribution is 2.29. The molecule has 2 amide bonds. The van der Waals surface area contributed by atoms with Crippen molar-refractivity contribution in [2.45, 2.75) is 37.6 Å². The standard InChI is InChI=1S/C25H24F2N4O4.H2S/c26-25(27)7-11-29(12-8-25)22(32)18-13-16-6-10-30(21(16)28-15-18)19-4-1-3-17(14-19)23(33)31-9-2-5-20(31)24(34)35;/h1,3-4,6,10,13-15,20H,2,5,7-9,11-12H2,(H,34,35);1H2/t20-;/m0./s1. The fraction of sp³-hybridized carbons (Fsp3) is 0.360. The lowest BCUT2D eigenvalue weighted by atomic mass is 10.1. The first-order valence-electron chi connectivity index (χ1n) is 11.5. The lowest BCUT2D eigenvalue weighted by Gasteiger charge is -2.31. The zero-order valence-electron chi connectivity index (χ0n) is 19.4. The Hall–Kier alpha value is -3.47. The number of rotatable bonds is 4. The number of aliphatic carboxylic acids is 1. The lowest BCUT2D eigenvalue weighted by molar-refractivity contribution is -0.141. The Morgan fingerprint density at radius 2 is 1.75 bits per heavy atom. The Balaban J connectivity index is 0.00000304. The van der Waals surface area contributed by atoms with Gasteiger partial charge in [0.25, 0.3) is 17.7 Å². The van der Waals surface area contributed by atoms with Crippen molar-refractivity contribution >= 4 is 42.3 Å². The highest BCUT2D eigenvalue weighted by molar-refractivity contribution is 7.59. The van der Waals surface area contributed by atoms with Crippen LogP contribution >= 0.6 is 13.5 Å². The average Bonchev–Trinajstić information content (AvgIpc) is 3.50. The summed E-state index contributed by atoms with van der Waals surface area (Å²) in [5, 5.41) is 10.1. The molecule has 11 heteroatoms. The number of fused-ring (bicyclic) bond motifs is 1. The third-order valence-electron chi connectivity index (χ3n) is 6.73. The second-order valence-corrected chi connectivity index (χ2v) is 9.02. The number of carbonyl (C=O) groups excluding carboxylic acids is 2. The Morgan fingerprint density at radius 3 is 2.47 bits per heavy atom. The Labute approximate surface area is 212 Å². The number of likely N-dealkylation sites (tertiary alicyclic amines) is 2. The summed E-state index contributed by atoms with van der Waals surface area (Å²) in [5.74, 6) is -4.39. The van der Waals surface area contributed by atoms with Gasteiger partial charge in [0.15, 0.2) is 0 Å². The predicted octanol–water partition coefficient (Wildman–Crippen LogP) is 3.70. The number of carboxylic acid groups (broad SMARTS) is 1. The number of alkyl halides is 2. The minimum Gasteiger partial charge on any atom is -0.480 e. The summed E-state index contributed by atoms with van der Waals surface area (Å²) in [6.45, 7) is 0.413. The molecular weight excluding hydrogens is 490 g/mol. The highest BCUT2D eigenvalue weighted by Gasteiger charge is 2.36. The van der Waals surface area contributed by atoms with E-state index < -0.39 is 17.9 Å². The molecule has 0 spiro atoms. The molecule has 2 aliphatic heterocycles. The Kier molecular flexibility index (Phi) is 7.03. The van der Waals surface area contributed by atoms with Gasteiger partial charge in [-0.25, -0.2) is 18.6 Å². The number of halogens is 2. The van der Waals surface area contributed by atoms with Crippen molar-refractivity contribution < 1.29 is 28.3 Å². The van der Waals surface area contributed by atoms with Gasteiger partial charge in [0.2, 0.25) is 0 Å². The van der Waals surface area contributed by atoms with Gasteiger partial charge in [0, 0.05) is 61.5 Å². The molecule has 2 fully saturated rings. The molecular formula is C25H26F2N4O4S. The van der Waals surface area contributed by atoms with E-state index in [4.69, 9.17) is 0 Å². The van der Waals surface area contributed by atoms with E-state index in [0.29, 0.717) is 47.2 Å². The first kappa shape index (κ1) is 25.6. The number of carbonyl (C=O) groups is 3. The summed E-state index contributed by atoms with van der Waals surface area (Å²) >= 11 is 0. The minimum absolute atomic E-state index is 0. The van der Waals surface area contributed by atoms with E-state index in [2.05, 4.69) is 4.98 Å². The van der Waals surface area contributed by atoms with Crippen molar-refractivity contribution in [2.24, 2.45) is 0 Å². The van der Waals surface area contributed by atoms with Gasteiger partial charge >= 0.3 is 5.97 Å². The normalized spacial score (nSPS) is 19.2. The molecule has 0 bridgehead atoms. The fourth-order valence-electron chi connectivity index (χ4n) is 4.79. The van der Waals surface area contributed by atoms with Crippen LogP contribution in [-0.2, 0) is 4.79 Å². The van der Waals surface area contributed by atoms with Crippen molar-refractivity contribution in [3.8, 4) is 5.69 Å². The Morgan fingerprint density at radius 1 is 1.00 bits per heavy atom. The number of amides is 2. The van der Waals surface area contributed by atoms with E-state index in [-0.39, 0.29) is 51.2 Å². The molecule has 0 radical (unpaired) electrons. The van der Waals surface area contributed by atoms with Gasteiger partial charge in [0.1, 0.15) is 11.7 Å². The molecule has 2 saturated heterocycles. The molecule has 36 heavy (non-hydrogen) atoms. The van der Waals surface area contributed by atoms with Crippen LogP contribution in [0.3, 0.4) is 0 Å². The van der Waals surface area contributed by atoms with Crippen molar-refractivity contribution in [1.82, 2.24) is 19.4 Å². The number of benzene rings is 1. The van der Waals surface area contributed by atoms with Crippen LogP contribution < -0.4 is 0 Å². The molecule has 5 rings (SSSR count).